The lowest BCUT2D eigenvalue weighted by molar-refractivity contribution is -0.120. The fourth-order valence-corrected chi connectivity index (χ4v) is 12.3. The number of benzene rings is 2. The van der Waals surface area contributed by atoms with Gasteiger partial charge in [0.1, 0.15) is 28.5 Å². The monoisotopic (exact) mass is 1010 g/mol. The topological polar surface area (TPSA) is 203 Å². The number of hydrogen-bond donors (Lipinski definition) is 3. The molecule has 384 valence electrons. The largest absolute Gasteiger partial charge is 0.473 e. The van der Waals surface area contributed by atoms with Crippen LogP contribution >= 0.6 is 0 Å². The molecule has 0 bridgehead atoms. The Balaban J connectivity index is 0.000000151. The van der Waals surface area contributed by atoms with Gasteiger partial charge in [-0.2, -0.15) is 4.31 Å². The van der Waals surface area contributed by atoms with Gasteiger partial charge < -0.3 is 49.1 Å². The van der Waals surface area contributed by atoms with Gasteiger partial charge in [0.15, 0.2) is 0 Å². The molecule has 0 spiro atoms. The van der Waals surface area contributed by atoms with Gasteiger partial charge in [-0.3, -0.25) is 9.59 Å². The Morgan fingerprint density at radius 2 is 1.08 bits per heavy atom. The summed E-state index contributed by atoms with van der Waals surface area (Å²) in [6.07, 6.45) is 9.04. The van der Waals surface area contributed by atoms with Crippen molar-refractivity contribution >= 4 is 55.3 Å². The van der Waals surface area contributed by atoms with Crippen molar-refractivity contribution < 1.29 is 32.2 Å². The summed E-state index contributed by atoms with van der Waals surface area (Å²) in [6.45, 7) is 12.2. The molecule has 0 unspecified atom stereocenters. The molecule has 19 nitrogen and oxygen atoms in total. The Morgan fingerprint density at radius 1 is 0.630 bits per heavy atom. The number of hydrogen-bond acceptors (Lipinski definition) is 14. The second-order valence-corrected chi connectivity index (χ2v) is 22.9. The van der Waals surface area contributed by atoms with Crippen LogP contribution in [0.25, 0.3) is 44.6 Å². The predicted molar refractivity (Wildman–Crippen MR) is 277 cm³/mol. The number of imidazole rings is 2. The van der Waals surface area contributed by atoms with Gasteiger partial charge in [0, 0.05) is 125 Å². The van der Waals surface area contributed by atoms with Gasteiger partial charge in [0.2, 0.25) is 33.6 Å². The van der Waals surface area contributed by atoms with Crippen LogP contribution in [-0.2, 0) is 24.3 Å². The second kappa shape index (κ2) is 19.8. The number of carbonyl (C=O) groups excluding carboxylic acids is 2. The van der Waals surface area contributed by atoms with E-state index in [0.717, 1.165) is 102 Å². The first-order valence-corrected chi connectivity index (χ1v) is 27.6. The highest BCUT2D eigenvalue weighted by atomic mass is 32.2. The molecule has 6 aromatic rings. The van der Waals surface area contributed by atoms with Crippen LogP contribution in [0.5, 0.6) is 11.8 Å². The summed E-state index contributed by atoms with van der Waals surface area (Å²) in [5, 5.41) is 8.82. The van der Waals surface area contributed by atoms with Crippen molar-refractivity contribution in [3.63, 3.8) is 0 Å². The summed E-state index contributed by atoms with van der Waals surface area (Å²) < 4.78 is 49.4. The van der Waals surface area contributed by atoms with Gasteiger partial charge >= 0.3 is 0 Å². The van der Waals surface area contributed by atoms with Crippen molar-refractivity contribution in [2.75, 3.05) is 88.5 Å². The van der Waals surface area contributed by atoms with Crippen LogP contribution in [-0.4, -0.2) is 150 Å². The van der Waals surface area contributed by atoms with Gasteiger partial charge in [-0.15, -0.1) is 0 Å². The first-order chi connectivity index (χ1) is 35.5. The summed E-state index contributed by atoms with van der Waals surface area (Å²) in [6, 6.07) is 21.8. The van der Waals surface area contributed by atoms with E-state index in [0.29, 0.717) is 89.2 Å². The number of ether oxygens (including phenoxy) is 3. The van der Waals surface area contributed by atoms with Crippen LogP contribution in [0.3, 0.4) is 0 Å². The third-order valence-electron chi connectivity index (χ3n) is 15.7. The van der Waals surface area contributed by atoms with Crippen LogP contribution in [0.4, 0.5) is 11.4 Å². The van der Waals surface area contributed by atoms with E-state index in [2.05, 4.69) is 77.3 Å². The first-order valence-electron chi connectivity index (χ1n) is 26.1. The summed E-state index contributed by atoms with van der Waals surface area (Å²) >= 11 is 0. The molecule has 73 heavy (non-hydrogen) atoms. The average molecular weight is 1010 g/mol. The Kier molecular flexibility index (Phi) is 12.9. The minimum absolute atomic E-state index is 0.0615. The van der Waals surface area contributed by atoms with Gasteiger partial charge in [-0.25, -0.2) is 28.4 Å². The number of piperazine rings is 2. The molecule has 3 N–H and O–H groups in total. The number of amides is 2. The molecule has 4 aromatic heterocycles. The second-order valence-electron chi connectivity index (χ2n) is 20.7. The smallest absolute Gasteiger partial charge is 0.241 e. The Hall–Kier alpha value is -6.35. The van der Waals surface area contributed by atoms with E-state index in [4.69, 9.17) is 34.1 Å². The van der Waals surface area contributed by atoms with Crippen molar-refractivity contribution in [3.05, 3.63) is 73.3 Å². The molecule has 7 fully saturated rings. The van der Waals surface area contributed by atoms with E-state index in [-0.39, 0.29) is 35.9 Å². The molecule has 5 aliphatic heterocycles. The molecule has 5 saturated heterocycles. The quantitative estimate of drug-likeness (QED) is 0.133. The molecular formula is C53H64N12O7S. The highest BCUT2D eigenvalue weighted by Crippen LogP contribution is 2.42. The number of aromatic nitrogens is 6. The molecule has 2 aliphatic carbocycles. The van der Waals surface area contributed by atoms with Gasteiger partial charge in [-0.1, -0.05) is 24.3 Å². The van der Waals surface area contributed by atoms with E-state index in [1.807, 2.05) is 44.7 Å². The van der Waals surface area contributed by atoms with Crippen molar-refractivity contribution in [1.29, 1.82) is 0 Å². The maximum atomic E-state index is 12.7. The molecule has 4 atom stereocenters. The van der Waals surface area contributed by atoms with E-state index in [1.165, 1.54) is 5.69 Å². The van der Waals surface area contributed by atoms with E-state index >= 15 is 0 Å². The van der Waals surface area contributed by atoms with Crippen molar-refractivity contribution in [1.82, 2.24) is 49.3 Å². The number of nitrogens with zero attached hydrogens (tertiary/aromatic N) is 9. The molecular weight excluding hydrogens is 949 g/mol. The maximum Gasteiger partial charge on any atom is 0.241 e. The van der Waals surface area contributed by atoms with E-state index < -0.39 is 15.3 Å². The molecule has 0 radical (unpaired) electrons. The maximum absolute atomic E-state index is 12.7. The Morgan fingerprint density at radius 3 is 1.48 bits per heavy atom. The fourth-order valence-electron chi connectivity index (χ4n) is 10.6. The van der Waals surface area contributed by atoms with Crippen LogP contribution in [0, 0.1) is 11.8 Å². The van der Waals surface area contributed by atoms with Gasteiger partial charge in [0.25, 0.3) is 0 Å². The molecule has 20 heteroatoms. The van der Waals surface area contributed by atoms with Crippen molar-refractivity contribution in [2.24, 2.45) is 11.8 Å². The summed E-state index contributed by atoms with van der Waals surface area (Å²) in [5.74, 6) is 1.57. The minimum Gasteiger partial charge on any atom is -0.473 e. The van der Waals surface area contributed by atoms with Crippen LogP contribution < -0.4 is 35.2 Å². The highest BCUT2D eigenvalue weighted by molar-refractivity contribution is 7.89. The SMILES string of the molecule is C[C@@H](Oc1nc(-c2ccc(N3CCN(S(=O)(=O)C4COC4)CC3)cc2)cc2ncn(C3CC3)c12)[C@H]1CNC(=O)C1.C[C@@H](Oc1nc(-c2ccc(N3CCNCC3)cc2)cc2ncn(C3CC3)c12)[C@H]1CNC(=O)C1. The van der Waals surface area contributed by atoms with Gasteiger partial charge in [-0.05, 0) is 75.9 Å². The summed E-state index contributed by atoms with van der Waals surface area (Å²) in [4.78, 5) is 47.4. The van der Waals surface area contributed by atoms with Crippen LogP contribution in [0.2, 0.25) is 0 Å². The van der Waals surface area contributed by atoms with E-state index in [9.17, 15) is 18.0 Å². The normalized spacial score (nSPS) is 22.7. The minimum atomic E-state index is -3.28. The van der Waals surface area contributed by atoms with Gasteiger partial charge in [0.05, 0.1) is 48.3 Å². The predicted octanol–water partition coefficient (Wildman–Crippen LogP) is 4.93. The first kappa shape index (κ1) is 47.6. The number of fused-ring (bicyclic) bond motifs is 2. The number of sulfonamides is 1. The molecule has 2 saturated carbocycles. The van der Waals surface area contributed by atoms with E-state index in [1.54, 1.807) is 4.31 Å². The zero-order valence-corrected chi connectivity index (χ0v) is 42.3. The van der Waals surface area contributed by atoms with Crippen molar-refractivity contribution in [3.8, 4) is 34.3 Å². The molecule has 9 heterocycles. The molecule has 13 rings (SSSR count). The number of anilines is 2. The third-order valence-corrected chi connectivity index (χ3v) is 17.9. The molecule has 2 amide bonds. The molecule has 2 aromatic carbocycles. The number of carbonyl (C=O) groups is 2. The lowest BCUT2D eigenvalue weighted by atomic mass is 10.0. The number of rotatable bonds is 14. The standard InChI is InChI=1S/C28H34N6O5S.C25H30N6O2/c1-18(20-12-26(35)29-14-20)39-28-27-25(30-17-34(27)22-6-7-22)13-24(31-28)19-2-4-21(5-3-19)32-8-10-33(11-9-32)40(36,37)23-15-38-16-23;1-16(18-12-23(32)27-14-18)33-25-24-22(28-15-31(24)20-6-7-20)13-21(29-25)17-2-4-19(5-3-17)30-10-8-26-9-11-30/h2-5,13,17-18,20,22-23H,6-12,14-16H2,1H3,(H,29,35);2-5,13,15-16,18,20,26H,6-12,14H2,1H3,(H,27,32)/t18-,20-;16-,18-/m11/s1. The number of pyridine rings is 2. The lowest BCUT2D eigenvalue weighted by Crippen LogP contribution is -2.55. The lowest BCUT2D eigenvalue weighted by Gasteiger charge is -2.38. The number of nitrogens with one attached hydrogen (secondary N) is 3. The molecule has 7 aliphatic rings. The van der Waals surface area contributed by atoms with Crippen molar-refractivity contribution in [2.45, 2.75) is 81.9 Å². The van der Waals surface area contributed by atoms with Crippen LogP contribution in [0.15, 0.2) is 73.3 Å². The zero-order chi connectivity index (χ0) is 49.8. The third kappa shape index (κ3) is 9.93. The summed E-state index contributed by atoms with van der Waals surface area (Å²) in [7, 11) is -3.28. The van der Waals surface area contributed by atoms with Crippen LogP contribution in [0.1, 0.15) is 64.5 Å². The highest BCUT2D eigenvalue weighted by Gasteiger charge is 2.39. The Bertz CT molecular complexity index is 3100. The average Bonchev–Trinajstić information content (AvgIpc) is 4.22. The Labute approximate surface area is 425 Å². The summed E-state index contributed by atoms with van der Waals surface area (Å²) in [5.41, 5.74) is 9.55. The zero-order valence-electron chi connectivity index (χ0n) is 41.5. The fraction of sp³-hybridized carbons (Fsp3) is 0.509.